The SMILES string of the molecule is Cc1c(Cl)cccc1-c1cc(CC(C)C)nc(N)n1. The predicted molar refractivity (Wildman–Crippen MR) is 80.2 cm³/mol. The minimum atomic E-state index is 0.313. The average molecular weight is 276 g/mol. The van der Waals surface area contributed by atoms with Crippen LogP contribution in [0, 0.1) is 12.8 Å². The van der Waals surface area contributed by atoms with Crippen molar-refractivity contribution in [2.75, 3.05) is 5.73 Å². The molecule has 0 bridgehead atoms. The molecular weight excluding hydrogens is 258 g/mol. The van der Waals surface area contributed by atoms with Gasteiger partial charge in [-0.2, -0.15) is 0 Å². The van der Waals surface area contributed by atoms with Crippen LogP contribution in [0.4, 0.5) is 5.95 Å². The van der Waals surface area contributed by atoms with Crippen molar-refractivity contribution in [2.24, 2.45) is 5.92 Å². The molecule has 0 fully saturated rings. The summed E-state index contributed by atoms with van der Waals surface area (Å²) in [4.78, 5) is 8.61. The Morgan fingerprint density at radius 3 is 2.68 bits per heavy atom. The van der Waals surface area contributed by atoms with Crippen molar-refractivity contribution in [2.45, 2.75) is 27.2 Å². The summed E-state index contributed by atoms with van der Waals surface area (Å²) in [5.74, 6) is 0.843. The highest BCUT2D eigenvalue weighted by atomic mass is 35.5. The van der Waals surface area contributed by atoms with Gasteiger partial charge in [-0.05, 0) is 37.0 Å². The second-order valence-electron chi connectivity index (χ2n) is 5.11. The third-order valence-electron chi connectivity index (χ3n) is 2.96. The van der Waals surface area contributed by atoms with Crippen LogP contribution in [0.15, 0.2) is 24.3 Å². The maximum Gasteiger partial charge on any atom is 0.220 e. The van der Waals surface area contributed by atoms with Crippen LogP contribution in [0.25, 0.3) is 11.3 Å². The van der Waals surface area contributed by atoms with Crippen molar-refractivity contribution in [1.82, 2.24) is 9.97 Å². The number of nitrogens with zero attached hydrogens (tertiary/aromatic N) is 2. The highest BCUT2D eigenvalue weighted by molar-refractivity contribution is 6.31. The van der Waals surface area contributed by atoms with Crippen LogP contribution in [0.1, 0.15) is 25.1 Å². The topological polar surface area (TPSA) is 51.8 Å². The first kappa shape index (κ1) is 13.8. The van der Waals surface area contributed by atoms with Crippen molar-refractivity contribution >= 4 is 17.5 Å². The van der Waals surface area contributed by atoms with Gasteiger partial charge in [-0.25, -0.2) is 9.97 Å². The lowest BCUT2D eigenvalue weighted by Gasteiger charge is -2.10. The Hall–Kier alpha value is -1.61. The Morgan fingerprint density at radius 2 is 2.00 bits per heavy atom. The van der Waals surface area contributed by atoms with Crippen molar-refractivity contribution in [3.63, 3.8) is 0 Å². The lowest BCUT2D eigenvalue weighted by atomic mass is 10.0. The van der Waals surface area contributed by atoms with Gasteiger partial charge >= 0.3 is 0 Å². The average Bonchev–Trinajstić information content (AvgIpc) is 2.31. The molecule has 1 aromatic carbocycles. The zero-order valence-corrected chi connectivity index (χ0v) is 12.2. The summed E-state index contributed by atoms with van der Waals surface area (Å²) in [5.41, 5.74) is 9.63. The van der Waals surface area contributed by atoms with Gasteiger partial charge in [0.15, 0.2) is 0 Å². The van der Waals surface area contributed by atoms with E-state index in [1.807, 2.05) is 31.2 Å². The minimum absolute atomic E-state index is 0.313. The molecule has 0 amide bonds. The molecule has 0 aliphatic rings. The van der Waals surface area contributed by atoms with Gasteiger partial charge in [-0.3, -0.25) is 0 Å². The number of rotatable bonds is 3. The van der Waals surface area contributed by atoms with Gasteiger partial charge in [-0.1, -0.05) is 37.6 Å². The quantitative estimate of drug-likeness (QED) is 0.925. The van der Waals surface area contributed by atoms with Gasteiger partial charge in [0.05, 0.1) is 5.69 Å². The summed E-state index contributed by atoms with van der Waals surface area (Å²) in [6, 6.07) is 7.79. The molecular formula is C15H18ClN3. The van der Waals surface area contributed by atoms with Crippen molar-refractivity contribution in [3.05, 3.63) is 40.5 Å². The molecule has 2 rings (SSSR count). The Bertz CT molecular complexity index is 594. The maximum atomic E-state index is 6.15. The van der Waals surface area contributed by atoms with E-state index in [-0.39, 0.29) is 0 Å². The molecule has 0 aliphatic heterocycles. The van der Waals surface area contributed by atoms with Crippen molar-refractivity contribution in [1.29, 1.82) is 0 Å². The second-order valence-corrected chi connectivity index (χ2v) is 5.52. The van der Waals surface area contributed by atoms with Crippen molar-refractivity contribution < 1.29 is 0 Å². The third kappa shape index (κ3) is 3.24. The van der Waals surface area contributed by atoms with Gasteiger partial charge in [0.2, 0.25) is 5.95 Å². The molecule has 0 radical (unpaired) electrons. The predicted octanol–water partition coefficient (Wildman–Crippen LogP) is 3.89. The van der Waals surface area contributed by atoms with Gasteiger partial charge in [0.25, 0.3) is 0 Å². The molecule has 0 saturated carbocycles. The second kappa shape index (κ2) is 5.57. The number of anilines is 1. The van der Waals surface area contributed by atoms with Crippen molar-refractivity contribution in [3.8, 4) is 11.3 Å². The van der Waals surface area contributed by atoms with Gasteiger partial charge < -0.3 is 5.73 Å². The van der Waals surface area contributed by atoms with E-state index in [0.717, 1.165) is 34.0 Å². The van der Waals surface area contributed by atoms with E-state index in [0.29, 0.717) is 11.9 Å². The molecule has 3 nitrogen and oxygen atoms in total. The molecule has 100 valence electrons. The zero-order valence-electron chi connectivity index (χ0n) is 11.4. The molecule has 0 spiro atoms. The van der Waals surface area contributed by atoms with Crippen LogP contribution in [0.3, 0.4) is 0 Å². The summed E-state index contributed by atoms with van der Waals surface area (Å²) in [6.45, 7) is 6.29. The minimum Gasteiger partial charge on any atom is -0.368 e. The Balaban J connectivity index is 2.50. The first-order valence-corrected chi connectivity index (χ1v) is 6.74. The standard InChI is InChI=1S/C15H18ClN3/c1-9(2)7-11-8-14(19-15(17)18-11)12-5-4-6-13(16)10(12)3/h4-6,8-9H,7H2,1-3H3,(H2,17,18,19). The molecule has 2 aromatic rings. The lowest BCUT2D eigenvalue weighted by Crippen LogP contribution is -2.04. The first-order valence-electron chi connectivity index (χ1n) is 6.36. The molecule has 0 saturated heterocycles. The fourth-order valence-electron chi connectivity index (χ4n) is 2.06. The van der Waals surface area contributed by atoms with E-state index in [1.165, 1.54) is 0 Å². The molecule has 2 N–H and O–H groups in total. The Kier molecular flexibility index (Phi) is 4.05. The Morgan fingerprint density at radius 1 is 1.26 bits per heavy atom. The van der Waals surface area contributed by atoms with E-state index < -0.39 is 0 Å². The van der Waals surface area contributed by atoms with Gasteiger partial charge in [-0.15, -0.1) is 0 Å². The van der Waals surface area contributed by atoms with Crippen LogP contribution in [-0.4, -0.2) is 9.97 Å². The maximum absolute atomic E-state index is 6.15. The Labute approximate surface area is 118 Å². The number of aromatic nitrogens is 2. The number of hydrogen-bond donors (Lipinski definition) is 1. The van der Waals surface area contributed by atoms with Gasteiger partial charge in [0.1, 0.15) is 0 Å². The van der Waals surface area contributed by atoms with Crippen LogP contribution in [0.5, 0.6) is 0 Å². The number of hydrogen-bond acceptors (Lipinski definition) is 3. The molecule has 1 heterocycles. The van der Waals surface area contributed by atoms with Crippen LogP contribution in [0.2, 0.25) is 5.02 Å². The summed E-state index contributed by atoms with van der Waals surface area (Å²) < 4.78 is 0. The molecule has 1 aromatic heterocycles. The molecule has 0 atom stereocenters. The van der Waals surface area contributed by atoms with E-state index in [4.69, 9.17) is 17.3 Å². The third-order valence-corrected chi connectivity index (χ3v) is 3.37. The van der Waals surface area contributed by atoms with Crippen LogP contribution < -0.4 is 5.73 Å². The van der Waals surface area contributed by atoms with E-state index in [9.17, 15) is 0 Å². The number of nitrogens with two attached hydrogens (primary N) is 1. The summed E-state index contributed by atoms with van der Waals surface area (Å²) in [6.07, 6.45) is 0.888. The smallest absolute Gasteiger partial charge is 0.220 e. The van der Waals surface area contributed by atoms with E-state index >= 15 is 0 Å². The summed E-state index contributed by atoms with van der Waals surface area (Å²) in [7, 11) is 0. The zero-order chi connectivity index (χ0) is 14.0. The lowest BCUT2D eigenvalue weighted by molar-refractivity contribution is 0.635. The fraction of sp³-hybridized carbons (Fsp3) is 0.333. The van der Waals surface area contributed by atoms with Crippen LogP contribution >= 0.6 is 11.6 Å². The monoisotopic (exact) mass is 275 g/mol. The largest absolute Gasteiger partial charge is 0.368 e. The fourth-order valence-corrected chi connectivity index (χ4v) is 2.24. The molecule has 0 unspecified atom stereocenters. The van der Waals surface area contributed by atoms with Gasteiger partial charge in [0, 0.05) is 16.3 Å². The molecule has 0 aliphatic carbocycles. The molecule has 4 heteroatoms. The highest BCUT2D eigenvalue weighted by Gasteiger charge is 2.10. The van der Waals surface area contributed by atoms with Crippen LogP contribution in [-0.2, 0) is 6.42 Å². The normalized spacial score (nSPS) is 11.0. The number of halogens is 1. The highest BCUT2D eigenvalue weighted by Crippen LogP contribution is 2.28. The van der Waals surface area contributed by atoms with E-state index in [2.05, 4.69) is 23.8 Å². The summed E-state index contributed by atoms with van der Waals surface area (Å²) >= 11 is 6.15. The first-order chi connectivity index (χ1) is 8.97. The molecule has 19 heavy (non-hydrogen) atoms. The number of nitrogen functional groups attached to an aromatic ring is 1. The summed E-state index contributed by atoms with van der Waals surface area (Å²) in [5, 5.41) is 0.736. The van der Waals surface area contributed by atoms with E-state index in [1.54, 1.807) is 0 Å². The number of benzene rings is 1.